The van der Waals surface area contributed by atoms with E-state index in [-0.39, 0.29) is 5.56 Å². The van der Waals surface area contributed by atoms with Crippen LogP contribution in [0.4, 0.5) is 0 Å². The van der Waals surface area contributed by atoms with E-state index in [1.54, 1.807) is 0 Å². The van der Waals surface area contributed by atoms with E-state index in [4.69, 9.17) is 0 Å². The number of nitrogens with one attached hydrogen (secondary N) is 2. The van der Waals surface area contributed by atoms with Crippen LogP contribution in [0, 0.1) is 6.92 Å². The fraction of sp³-hybridized carbons (Fsp3) is 0.0769. The molecular weight excluding hydrogens is 214 g/mol. The van der Waals surface area contributed by atoms with E-state index in [9.17, 15) is 4.79 Å². The standard InChI is InChI=1S/C13H11N3O/c1-8-7-10-11(14-8)13(17)16-12(15-10)9-5-3-2-4-6-9/h2-7,14H,1H3,(H,15,16,17). The number of aromatic amines is 2. The van der Waals surface area contributed by atoms with Gasteiger partial charge in [-0.2, -0.15) is 0 Å². The average Bonchev–Trinajstić information content (AvgIpc) is 2.71. The molecule has 4 heteroatoms. The average molecular weight is 225 g/mol. The van der Waals surface area contributed by atoms with Crippen LogP contribution in [0.25, 0.3) is 22.4 Å². The summed E-state index contributed by atoms with van der Waals surface area (Å²) < 4.78 is 0. The predicted molar refractivity (Wildman–Crippen MR) is 66.9 cm³/mol. The van der Waals surface area contributed by atoms with Crippen molar-refractivity contribution < 1.29 is 0 Å². The van der Waals surface area contributed by atoms with E-state index in [0.29, 0.717) is 16.9 Å². The second kappa shape index (κ2) is 3.59. The van der Waals surface area contributed by atoms with Gasteiger partial charge in [0.15, 0.2) is 0 Å². The molecule has 2 N–H and O–H groups in total. The molecule has 0 aliphatic heterocycles. The number of hydrogen-bond acceptors (Lipinski definition) is 2. The van der Waals surface area contributed by atoms with E-state index < -0.39 is 0 Å². The topological polar surface area (TPSA) is 61.5 Å². The van der Waals surface area contributed by atoms with Crippen molar-refractivity contribution in [3.8, 4) is 11.4 Å². The lowest BCUT2D eigenvalue weighted by Crippen LogP contribution is -2.09. The summed E-state index contributed by atoms with van der Waals surface area (Å²) in [6.45, 7) is 1.91. The van der Waals surface area contributed by atoms with Crippen LogP contribution < -0.4 is 5.56 Å². The number of fused-ring (bicyclic) bond motifs is 1. The summed E-state index contributed by atoms with van der Waals surface area (Å²) >= 11 is 0. The Labute approximate surface area is 97.3 Å². The first-order chi connectivity index (χ1) is 8.24. The Kier molecular flexibility index (Phi) is 2.08. The lowest BCUT2D eigenvalue weighted by atomic mass is 10.2. The zero-order chi connectivity index (χ0) is 11.8. The van der Waals surface area contributed by atoms with Crippen LogP contribution in [0.1, 0.15) is 5.69 Å². The minimum atomic E-state index is -0.137. The van der Waals surface area contributed by atoms with Gasteiger partial charge >= 0.3 is 0 Å². The summed E-state index contributed by atoms with van der Waals surface area (Å²) in [6, 6.07) is 11.5. The SMILES string of the molecule is Cc1cc2nc(-c3ccccc3)[nH]c(=O)c2[nH]1. The Morgan fingerprint density at radius 2 is 1.88 bits per heavy atom. The molecule has 17 heavy (non-hydrogen) atoms. The molecule has 0 fully saturated rings. The molecule has 0 amide bonds. The number of nitrogens with zero attached hydrogens (tertiary/aromatic N) is 1. The van der Waals surface area contributed by atoms with Gasteiger partial charge in [0.25, 0.3) is 5.56 Å². The Balaban J connectivity index is 2.29. The third-order valence-electron chi connectivity index (χ3n) is 2.67. The molecule has 0 unspecified atom stereocenters. The molecule has 0 radical (unpaired) electrons. The van der Waals surface area contributed by atoms with Crippen molar-refractivity contribution >= 4 is 11.0 Å². The molecule has 3 rings (SSSR count). The maximum atomic E-state index is 11.9. The van der Waals surface area contributed by atoms with Crippen LogP contribution in [0.5, 0.6) is 0 Å². The summed E-state index contributed by atoms with van der Waals surface area (Å²) in [4.78, 5) is 22.1. The van der Waals surface area contributed by atoms with Crippen molar-refractivity contribution in [3.63, 3.8) is 0 Å². The van der Waals surface area contributed by atoms with Gasteiger partial charge in [0.05, 0.1) is 5.52 Å². The van der Waals surface area contributed by atoms with Gasteiger partial charge in [-0.3, -0.25) is 4.79 Å². The number of H-pyrrole nitrogens is 2. The van der Waals surface area contributed by atoms with E-state index in [1.807, 2.05) is 43.3 Å². The molecule has 0 saturated heterocycles. The number of rotatable bonds is 1. The lowest BCUT2D eigenvalue weighted by Gasteiger charge is -1.99. The number of aromatic nitrogens is 3. The zero-order valence-corrected chi connectivity index (χ0v) is 9.32. The molecule has 0 spiro atoms. The molecule has 2 heterocycles. The second-order valence-electron chi connectivity index (χ2n) is 3.99. The lowest BCUT2D eigenvalue weighted by molar-refractivity contribution is 1.17. The van der Waals surface area contributed by atoms with Crippen molar-refractivity contribution in [2.75, 3.05) is 0 Å². The molecule has 2 aromatic heterocycles. The predicted octanol–water partition coefficient (Wildman–Crippen LogP) is 2.23. The first kappa shape index (κ1) is 9.84. The Bertz CT molecular complexity index is 725. The zero-order valence-electron chi connectivity index (χ0n) is 9.32. The van der Waals surface area contributed by atoms with Gasteiger partial charge in [-0.05, 0) is 13.0 Å². The summed E-state index contributed by atoms with van der Waals surface area (Å²) in [7, 11) is 0. The van der Waals surface area contributed by atoms with Gasteiger partial charge in [0.2, 0.25) is 0 Å². The van der Waals surface area contributed by atoms with Crippen LogP contribution in [-0.2, 0) is 0 Å². The molecule has 84 valence electrons. The fourth-order valence-corrected chi connectivity index (χ4v) is 1.89. The highest BCUT2D eigenvalue weighted by Crippen LogP contribution is 2.15. The van der Waals surface area contributed by atoms with Crippen LogP contribution >= 0.6 is 0 Å². The van der Waals surface area contributed by atoms with E-state index in [1.165, 1.54) is 0 Å². The second-order valence-corrected chi connectivity index (χ2v) is 3.99. The third-order valence-corrected chi connectivity index (χ3v) is 2.67. The van der Waals surface area contributed by atoms with Crippen LogP contribution in [0.3, 0.4) is 0 Å². The van der Waals surface area contributed by atoms with Crippen molar-refractivity contribution in [2.45, 2.75) is 6.92 Å². The maximum Gasteiger partial charge on any atom is 0.275 e. The minimum absolute atomic E-state index is 0.137. The third kappa shape index (κ3) is 1.63. The van der Waals surface area contributed by atoms with Gasteiger partial charge in [-0.1, -0.05) is 30.3 Å². The van der Waals surface area contributed by atoms with Crippen molar-refractivity contribution in [1.29, 1.82) is 0 Å². The summed E-state index contributed by atoms with van der Waals surface area (Å²) in [5, 5.41) is 0. The minimum Gasteiger partial charge on any atom is -0.353 e. The van der Waals surface area contributed by atoms with Crippen LogP contribution in [0.15, 0.2) is 41.2 Å². The first-order valence-corrected chi connectivity index (χ1v) is 5.39. The van der Waals surface area contributed by atoms with E-state index in [0.717, 1.165) is 11.3 Å². The van der Waals surface area contributed by atoms with Gasteiger partial charge in [-0.25, -0.2) is 4.98 Å². The molecule has 1 aromatic carbocycles. The van der Waals surface area contributed by atoms with Gasteiger partial charge in [0, 0.05) is 11.3 Å². The summed E-state index contributed by atoms with van der Waals surface area (Å²) in [5.74, 6) is 0.599. The van der Waals surface area contributed by atoms with Crippen LogP contribution in [-0.4, -0.2) is 15.0 Å². The Hall–Kier alpha value is -2.36. The highest BCUT2D eigenvalue weighted by Gasteiger charge is 2.07. The quantitative estimate of drug-likeness (QED) is 0.667. The number of hydrogen-bond donors (Lipinski definition) is 2. The molecule has 0 saturated carbocycles. The number of aryl methyl sites for hydroxylation is 1. The highest BCUT2D eigenvalue weighted by atomic mass is 16.1. The molecule has 0 aliphatic rings. The summed E-state index contributed by atoms with van der Waals surface area (Å²) in [6.07, 6.45) is 0. The first-order valence-electron chi connectivity index (χ1n) is 5.39. The number of benzene rings is 1. The van der Waals surface area contributed by atoms with Gasteiger partial charge < -0.3 is 9.97 Å². The molecule has 3 aromatic rings. The molecule has 0 bridgehead atoms. The van der Waals surface area contributed by atoms with Crippen molar-refractivity contribution in [2.24, 2.45) is 0 Å². The molecule has 0 atom stereocenters. The van der Waals surface area contributed by atoms with Crippen LogP contribution in [0.2, 0.25) is 0 Å². The maximum absolute atomic E-state index is 11.9. The van der Waals surface area contributed by atoms with E-state index in [2.05, 4.69) is 15.0 Å². The highest BCUT2D eigenvalue weighted by molar-refractivity contribution is 5.77. The molecular formula is C13H11N3O. The summed E-state index contributed by atoms with van der Waals surface area (Å²) in [5.41, 5.74) is 2.93. The molecule has 0 aliphatic carbocycles. The van der Waals surface area contributed by atoms with Gasteiger partial charge in [-0.15, -0.1) is 0 Å². The Morgan fingerprint density at radius 3 is 2.65 bits per heavy atom. The normalized spacial score (nSPS) is 10.9. The van der Waals surface area contributed by atoms with Gasteiger partial charge in [0.1, 0.15) is 11.3 Å². The monoisotopic (exact) mass is 225 g/mol. The molecule has 4 nitrogen and oxygen atoms in total. The van der Waals surface area contributed by atoms with E-state index >= 15 is 0 Å². The Morgan fingerprint density at radius 1 is 1.12 bits per heavy atom. The fourth-order valence-electron chi connectivity index (χ4n) is 1.89. The van der Waals surface area contributed by atoms with Crippen molar-refractivity contribution in [3.05, 3.63) is 52.4 Å². The largest absolute Gasteiger partial charge is 0.353 e. The van der Waals surface area contributed by atoms with Crippen molar-refractivity contribution in [1.82, 2.24) is 15.0 Å². The smallest absolute Gasteiger partial charge is 0.275 e.